The lowest BCUT2D eigenvalue weighted by Gasteiger charge is -2.31. The topological polar surface area (TPSA) is 15.3 Å². The van der Waals surface area contributed by atoms with E-state index in [-0.39, 0.29) is 12.4 Å². The van der Waals surface area contributed by atoms with E-state index in [1.807, 2.05) is 0 Å². The lowest BCUT2D eigenvalue weighted by molar-refractivity contribution is 0.192. The Morgan fingerprint density at radius 3 is 2.71 bits per heavy atom. The van der Waals surface area contributed by atoms with E-state index < -0.39 is 0 Å². The number of halogens is 2. The van der Waals surface area contributed by atoms with Crippen LogP contribution in [-0.2, 0) is 6.54 Å². The molecule has 0 aliphatic carbocycles. The molecule has 1 saturated heterocycles. The lowest BCUT2D eigenvalue weighted by Crippen LogP contribution is -2.40. The van der Waals surface area contributed by atoms with E-state index >= 15 is 0 Å². The van der Waals surface area contributed by atoms with Crippen molar-refractivity contribution in [3.8, 4) is 0 Å². The summed E-state index contributed by atoms with van der Waals surface area (Å²) in [5.41, 5.74) is 1.38. The fraction of sp³-hybridized carbons (Fsp3) is 0.538. The quantitative estimate of drug-likeness (QED) is 0.921. The van der Waals surface area contributed by atoms with Crippen LogP contribution in [0.25, 0.3) is 0 Å². The highest BCUT2D eigenvalue weighted by Crippen LogP contribution is 2.16. The first kappa shape index (κ1) is 15.0. The summed E-state index contributed by atoms with van der Waals surface area (Å²) in [6.07, 6.45) is 2.54. The normalized spacial score (nSPS) is 16.9. The summed E-state index contributed by atoms with van der Waals surface area (Å²) in [5.74, 6) is 0. The molecule has 1 aliphatic rings. The molecule has 1 N–H and O–H groups in total. The van der Waals surface area contributed by atoms with Gasteiger partial charge in [0.05, 0.1) is 0 Å². The molecule has 0 aromatic heterocycles. The van der Waals surface area contributed by atoms with Crippen LogP contribution in [0, 0.1) is 0 Å². The van der Waals surface area contributed by atoms with Crippen molar-refractivity contribution in [2.45, 2.75) is 25.4 Å². The highest BCUT2D eigenvalue weighted by atomic mass is 79.9. The van der Waals surface area contributed by atoms with E-state index in [1.165, 1.54) is 22.9 Å². The monoisotopic (exact) mass is 318 g/mol. The molecule has 1 fully saturated rings. The van der Waals surface area contributed by atoms with Gasteiger partial charge in [-0.3, -0.25) is 4.90 Å². The van der Waals surface area contributed by atoms with Gasteiger partial charge in [-0.25, -0.2) is 0 Å². The van der Waals surface area contributed by atoms with Crippen molar-refractivity contribution in [1.82, 2.24) is 10.2 Å². The summed E-state index contributed by atoms with van der Waals surface area (Å²) in [4.78, 5) is 2.47. The number of rotatable bonds is 3. The van der Waals surface area contributed by atoms with Gasteiger partial charge in [-0.05, 0) is 50.7 Å². The molecule has 1 aliphatic heterocycles. The van der Waals surface area contributed by atoms with Crippen LogP contribution in [0.2, 0.25) is 0 Å². The first-order valence-electron chi connectivity index (χ1n) is 5.91. The van der Waals surface area contributed by atoms with Crippen molar-refractivity contribution in [3.63, 3.8) is 0 Å². The number of nitrogens with zero attached hydrogens (tertiary/aromatic N) is 1. The van der Waals surface area contributed by atoms with Crippen LogP contribution in [0.15, 0.2) is 28.7 Å². The van der Waals surface area contributed by atoms with Crippen molar-refractivity contribution in [2.24, 2.45) is 0 Å². The molecule has 1 aromatic carbocycles. The average Bonchev–Trinajstić information content (AvgIpc) is 2.30. The number of hydrogen-bond acceptors (Lipinski definition) is 2. The first-order chi connectivity index (χ1) is 7.75. The number of nitrogens with one attached hydrogen (secondary N) is 1. The maximum absolute atomic E-state index is 3.52. The zero-order valence-electron chi connectivity index (χ0n) is 10.2. The molecular weight excluding hydrogens is 300 g/mol. The molecule has 0 spiro atoms. The minimum absolute atomic E-state index is 0. The summed E-state index contributed by atoms with van der Waals surface area (Å²) in [6.45, 7) is 3.37. The minimum Gasteiger partial charge on any atom is -0.317 e. The summed E-state index contributed by atoms with van der Waals surface area (Å²) in [6, 6.07) is 9.32. The Kier molecular flexibility index (Phi) is 6.49. The van der Waals surface area contributed by atoms with Crippen molar-refractivity contribution in [1.29, 1.82) is 0 Å². The minimum atomic E-state index is 0. The Hall–Kier alpha value is -0.0900. The zero-order chi connectivity index (χ0) is 11.4. The van der Waals surface area contributed by atoms with E-state index in [2.05, 4.69) is 57.5 Å². The molecule has 2 nitrogen and oxygen atoms in total. The summed E-state index contributed by atoms with van der Waals surface area (Å²) >= 11 is 3.52. The van der Waals surface area contributed by atoms with Gasteiger partial charge in [0.25, 0.3) is 0 Å². The third-order valence-electron chi connectivity index (χ3n) is 3.25. The van der Waals surface area contributed by atoms with Gasteiger partial charge in [0.2, 0.25) is 0 Å². The largest absolute Gasteiger partial charge is 0.317 e. The number of hydrogen-bond donors (Lipinski definition) is 1. The molecule has 2 rings (SSSR count). The molecule has 96 valence electrons. The smallest absolute Gasteiger partial charge is 0.0234 e. The SMILES string of the molecule is CN(Cc1cccc(Br)c1)C1CCNCC1.Cl. The highest BCUT2D eigenvalue weighted by molar-refractivity contribution is 9.10. The lowest BCUT2D eigenvalue weighted by atomic mass is 10.0. The van der Waals surface area contributed by atoms with Crippen molar-refractivity contribution in [3.05, 3.63) is 34.3 Å². The van der Waals surface area contributed by atoms with Crippen molar-refractivity contribution < 1.29 is 0 Å². The second-order valence-corrected chi connectivity index (χ2v) is 5.44. The molecule has 1 heterocycles. The van der Waals surface area contributed by atoms with Crippen LogP contribution in [0.4, 0.5) is 0 Å². The molecule has 17 heavy (non-hydrogen) atoms. The molecule has 0 amide bonds. The van der Waals surface area contributed by atoms with Gasteiger partial charge < -0.3 is 5.32 Å². The van der Waals surface area contributed by atoms with Gasteiger partial charge in [-0.15, -0.1) is 12.4 Å². The second-order valence-electron chi connectivity index (χ2n) is 4.53. The predicted octanol–water partition coefficient (Wildman–Crippen LogP) is 3.05. The molecule has 0 saturated carbocycles. The Balaban J connectivity index is 0.00000144. The zero-order valence-corrected chi connectivity index (χ0v) is 12.6. The average molecular weight is 320 g/mol. The highest BCUT2D eigenvalue weighted by Gasteiger charge is 2.17. The summed E-state index contributed by atoms with van der Waals surface area (Å²) in [7, 11) is 2.23. The molecule has 0 unspecified atom stereocenters. The molecule has 0 bridgehead atoms. The van der Waals surface area contributed by atoms with E-state index in [0.29, 0.717) is 0 Å². The van der Waals surface area contributed by atoms with Gasteiger partial charge in [0.1, 0.15) is 0 Å². The number of piperidine rings is 1. The molecule has 1 aromatic rings. The second kappa shape index (κ2) is 7.37. The molecule has 0 radical (unpaired) electrons. The van der Waals surface area contributed by atoms with Crippen LogP contribution >= 0.6 is 28.3 Å². The third kappa shape index (κ3) is 4.59. The Morgan fingerprint density at radius 1 is 1.35 bits per heavy atom. The Bertz CT molecular complexity index is 340. The predicted molar refractivity (Wildman–Crippen MR) is 78.7 cm³/mol. The van der Waals surface area contributed by atoms with E-state index in [4.69, 9.17) is 0 Å². The van der Waals surface area contributed by atoms with Gasteiger partial charge in [-0.1, -0.05) is 28.1 Å². The van der Waals surface area contributed by atoms with Crippen LogP contribution < -0.4 is 5.32 Å². The van der Waals surface area contributed by atoms with Crippen LogP contribution in [0.1, 0.15) is 18.4 Å². The Labute approximate surface area is 118 Å². The molecule has 4 heteroatoms. The van der Waals surface area contributed by atoms with Crippen molar-refractivity contribution in [2.75, 3.05) is 20.1 Å². The maximum Gasteiger partial charge on any atom is 0.0234 e. The number of benzene rings is 1. The molecular formula is C13H20BrClN2. The maximum atomic E-state index is 3.52. The van der Waals surface area contributed by atoms with Crippen LogP contribution in [-0.4, -0.2) is 31.1 Å². The van der Waals surface area contributed by atoms with E-state index in [1.54, 1.807) is 0 Å². The van der Waals surface area contributed by atoms with Gasteiger partial charge in [0.15, 0.2) is 0 Å². The standard InChI is InChI=1S/C13H19BrN2.ClH/c1-16(13-5-7-15-8-6-13)10-11-3-2-4-12(14)9-11;/h2-4,9,13,15H,5-8,10H2,1H3;1H. The van der Waals surface area contributed by atoms with Gasteiger partial charge in [0, 0.05) is 17.1 Å². The van der Waals surface area contributed by atoms with E-state index in [0.717, 1.165) is 25.7 Å². The van der Waals surface area contributed by atoms with Gasteiger partial charge in [-0.2, -0.15) is 0 Å². The first-order valence-corrected chi connectivity index (χ1v) is 6.70. The van der Waals surface area contributed by atoms with Crippen molar-refractivity contribution >= 4 is 28.3 Å². The summed E-state index contributed by atoms with van der Waals surface area (Å²) in [5, 5.41) is 3.41. The third-order valence-corrected chi connectivity index (χ3v) is 3.75. The van der Waals surface area contributed by atoms with Gasteiger partial charge >= 0.3 is 0 Å². The molecule has 0 atom stereocenters. The fourth-order valence-electron chi connectivity index (χ4n) is 2.30. The van der Waals surface area contributed by atoms with Crippen LogP contribution in [0.3, 0.4) is 0 Å². The summed E-state index contributed by atoms with van der Waals surface area (Å²) < 4.78 is 1.17. The van der Waals surface area contributed by atoms with E-state index in [9.17, 15) is 0 Å². The Morgan fingerprint density at radius 2 is 2.06 bits per heavy atom. The van der Waals surface area contributed by atoms with Crippen LogP contribution in [0.5, 0.6) is 0 Å². The fourth-order valence-corrected chi connectivity index (χ4v) is 2.75.